The first-order chi connectivity index (χ1) is 7.35. The second kappa shape index (κ2) is 4.72. The highest BCUT2D eigenvalue weighted by Crippen LogP contribution is 2.24. The van der Waals surface area contributed by atoms with Crippen LogP contribution in [0, 0.1) is 0 Å². The van der Waals surface area contributed by atoms with Gasteiger partial charge in [-0.25, -0.2) is 0 Å². The molecule has 15 heavy (non-hydrogen) atoms. The maximum atomic E-state index is 5.30. The SMILES string of the molecule is CCC(NC)c1nc(C2CCOC2)no1. The van der Waals surface area contributed by atoms with E-state index in [1.165, 1.54) is 0 Å². The van der Waals surface area contributed by atoms with Gasteiger partial charge in [-0.3, -0.25) is 0 Å². The molecule has 1 saturated heterocycles. The zero-order valence-electron chi connectivity index (χ0n) is 9.19. The van der Waals surface area contributed by atoms with E-state index in [-0.39, 0.29) is 6.04 Å². The van der Waals surface area contributed by atoms with Crippen LogP contribution >= 0.6 is 0 Å². The average molecular weight is 211 g/mol. The number of aromatic nitrogens is 2. The molecule has 0 aliphatic carbocycles. The van der Waals surface area contributed by atoms with E-state index >= 15 is 0 Å². The molecular formula is C10H17N3O2. The third-order valence-corrected chi connectivity index (χ3v) is 2.81. The van der Waals surface area contributed by atoms with Gasteiger partial charge in [-0.15, -0.1) is 0 Å². The van der Waals surface area contributed by atoms with Crippen LogP contribution in [0.5, 0.6) is 0 Å². The van der Waals surface area contributed by atoms with Gasteiger partial charge >= 0.3 is 0 Å². The van der Waals surface area contributed by atoms with Crippen molar-refractivity contribution >= 4 is 0 Å². The second-order valence-electron chi connectivity index (χ2n) is 3.80. The molecule has 1 aromatic rings. The Bertz CT molecular complexity index is 287. The summed E-state index contributed by atoms with van der Waals surface area (Å²) in [5.41, 5.74) is 0. The summed E-state index contributed by atoms with van der Waals surface area (Å²) in [7, 11) is 1.90. The molecule has 1 aliphatic heterocycles. The van der Waals surface area contributed by atoms with Gasteiger partial charge in [-0.05, 0) is 19.9 Å². The molecule has 0 aromatic carbocycles. The van der Waals surface area contributed by atoms with E-state index in [0.29, 0.717) is 11.8 Å². The van der Waals surface area contributed by atoms with Crippen LogP contribution in [-0.4, -0.2) is 30.4 Å². The molecule has 2 atom stereocenters. The van der Waals surface area contributed by atoms with Crippen LogP contribution in [0.4, 0.5) is 0 Å². The fraction of sp³-hybridized carbons (Fsp3) is 0.800. The van der Waals surface area contributed by atoms with E-state index in [0.717, 1.165) is 31.9 Å². The monoisotopic (exact) mass is 211 g/mol. The zero-order chi connectivity index (χ0) is 10.7. The second-order valence-corrected chi connectivity index (χ2v) is 3.80. The third kappa shape index (κ3) is 2.18. The van der Waals surface area contributed by atoms with E-state index in [1.54, 1.807) is 0 Å². The highest BCUT2D eigenvalue weighted by molar-refractivity contribution is 4.99. The smallest absolute Gasteiger partial charge is 0.243 e. The summed E-state index contributed by atoms with van der Waals surface area (Å²) >= 11 is 0. The molecule has 0 saturated carbocycles. The first-order valence-electron chi connectivity index (χ1n) is 5.43. The van der Waals surface area contributed by atoms with Crippen molar-refractivity contribution in [2.45, 2.75) is 31.7 Å². The van der Waals surface area contributed by atoms with Crippen LogP contribution in [0.2, 0.25) is 0 Å². The predicted octanol–water partition coefficient (Wildman–Crippen LogP) is 1.24. The lowest BCUT2D eigenvalue weighted by Crippen LogP contribution is -2.15. The number of hydrogen-bond donors (Lipinski definition) is 1. The molecule has 1 fully saturated rings. The number of hydrogen-bond acceptors (Lipinski definition) is 5. The Kier molecular flexibility index (Phi) is 3.33. The van der Waals surface area contributed by atoms with Crippen molar-refractivity contribution in [1.82, 2.24) is 15.5 Å². The molecule has 2 unspecified atom stereocenters. The van der Waals surface area contributed by atoms with Crippen molar-refractivity contribution in [3.63, 3.8) is 0 Å². The molecule has 2 rings (SSSR count). The van der Waals surface area contributed by atoms with Crippen molar-refractivity contribution in [1.29, 1.82) is 0 Å². The molecule has 2 heterocycles. The van der Waals surface area contributed by atoms with Gasteiger partial charge in [-0.1, -0.05) is 12.1 Å². The van der Waals surface area contributed by atoms with Crippen LogP contribution in [-0.2, 0) is 4.74 Å². The van der Waals surface area contributed by atoms with Crippen molar-refractivity contribution in [2.24, 2.45) is 0 Å². The largest absolute Gasteiger partial charge is 0.381 e. The molecular weight excluding hydrogens is 194 g/mol. The van der Waals surface area contributed by atoms with Gasteiger partial charge in [0.2, 0.25) is 5.89 Å². The van der Waals surface area contributed by atoms with Gasteiger partial charge in [-0.2, -0.15) is 4.98 Å². The first-order valence-corrected chi connectivity index (χ1v) is 5.43. The zero-order valence-corrected chi connectivity index (χ0v) is 9.19. The van der Waals surface area contributed by atoms with Crippen LogP contribution in [0.1, 0.15) is 43.4 Å². The fourth-order valence-electron chi connectivity index (χ4n) is 1.79. The van der Waals surface area contributed by atoms with Crippen molar-refractivity contribution in [3.05, 3.63) is 11.7 Å². The minimum absolute atomic E-state index is 0.161. The van der Waals surface area contributed by atoms with Gasteiger partial charge in [0.15, 0.2) is 5.82 Å². The Balaban J connectivity index is 2.08. The van der Waals surface area contributed by atoms with Gasteiger partial charge in [0, 0.05) is 12.5 Å². The maximum absolute atomic E-state index is 5.30. The minimum atomic E-state index is 0.161. The van der Waals surface area contributed by atoms with Gasteiger partial charge in [0.25, 0.3) is 0 Å². The molecule has 1 aliphatic rings. The summed E-state index contributed by atoms with van der Waals surface area (Å²) in [5.74, 6) is 1.79. The molecule has 1 aromatic heterocycles. The van der Waals surface area contributed by atoms with Crippen LogP contribution in [0.3, 0.4) is 0 Å². The van der Waals surface area contributed by atoms with E-state index in [1.807, 2.05) is 7.05 Å². The molecule has 5 nitrogen and oxygen atoms in total. The minimum Gasteiger partial charge on any atom is -0.381 e. The van der Waals surface area contributed by atoms with E-state index in [4.69, 9.17) is 9.26 Å². The van der Waals surface area contributed by atoms with E-state index in [9.17, 15) is 0 Å². The summed E-state index contributed by atoms with van der Waals surface area (Å²) in [6, 6.07) is 0.161. The Morgan fingerprint density at radius 3 is 3.07 bits per heavy atom. The number of rotatable bonds is 4. The van der Waals surface area contributed by atoms with Crippen molar-refractivity contribution < 1.29 is 9.26 Å². The molecule has 1 N–H and O–H groups in total. The van der Waals surface area contributed by atoms with Crippen LogP contribution in [0.25, 0.3) is 0 Å². The quantitative estimate of drug-likeness (QED) is 0.812. The van der Waals surface area contributed by atoms with Crippen molar-refractivity contribution in [2.75, 3.05) is 20.3 Å². The lowest BCUT2D eigenvalue weighted by atomic mass is 10.1. The topological polar surface area (TPSA) is 60.2 Å². The summed E-state index contributed by atoms with van der Waals surface area (Å²) < 4.78 is 10.5. The van der Waals surface area contributed by atoms with Crippen LogP contribution in [0.15, 0.2) is 4.52 Å². The standard InChI is InChI=1S/C10H17N3O2/c1-3-8(11-2)10-12-9(13-15-10)7-4-5-14-6-7/h7-8,11H,3-6H2,1-2H3. The number of ether oxygens (including phenoxy) is 1. The summed E-state index contributed by atoms with van der Waals surface area (Å²) in [4.78, 5) is 4.41. The van der Waals surface area contributed by atoms with E-state index in [2.05, 4.69) is 22.4 Å². The fourth-order valence-corrected chi connectivity index (χ4v) is 1.79. The van der Waals surface area contributed by atoms with Gasteiger partial charge < -0.3 is 14.6 Å². The highest BCUT2D eigenvalue weighted by Gasteiger charge is 2.24. The average Bonchev–Trinajstić information content (AvgIpc) is 2.89. The Morgan fingerprint density at radius 2 is 2.47 bits per heavy atom. The predicted molar refractivity (Wildman–Crippen MR) is 54.6 cm³/mol. The summed E-state index contributed by atoms with van der Waals surface area (Å²) in [6.45, 7) is 3.61. The molecule has 0 bridgehead atoms. The molecule has 0 amide bonds. The molecule has 84 valence electrons. The summed E-state index contributed by atoms with van der Waals surface area (Å²) in [5, 5.41) is 7.15. The lowest BCUT2D eigenvalue weighted by Gasteiger charge is -2.06. The lowest BCUT2D eigenvalue weighted by molar-refractivity contribution is 0.192. The molecule has 0 radical (unpaired) electrons. The van der Waals surface area contributed by atoms with Crippen LogP contribution < -0.4 is 5.32 Å². The van der Waals surface area contributed by atoms with Gasteiger partial charge in [0.05, 0.1) is 12.6 Å². The molecule has 5 heteroatoms. The number of nitrogens with zero attached hydrogens (tertiary/aromatic N) is 2. The maximum Gasteiger partial charge on any atom is 0.243 e. The third-order valence-electron chi connectivity index (χ3n) is 2.81. The Hall–Kier alpha value is -0.940. The number of nitrogens with one attached hydrogen (secondary N) is 1. The van der Waals surface area contributed by atoms with Gasteiger partial charge in [0.1, 0.15) is 0 Å². The van der Waals surface area contributed by atoms with Crippen molar-refractivity contribution in [3.8, 4) is 0 Å². The first kappa shape index (κ1) is 10.6. The molecule has 0 spiro atoms. The normalized spacial score (nSPS) is 23.2. The Morgan fingerprint density at radius 1 is 1.60 bits per heavy atom. The van der Waals surface area contributed by atoms with E-state index < -0.39 is 0 Å². The highest BCUT2D eigenvalue weighted by atomic mass is 16.5. The Labute approximate surface area is 89.2 Å². The summed E-state index contributed by atoms with van der Waals surface area (Å²) in [6.07, 6.45) is 1.94.